The van der Waals surface area contributed by atoms with Gasteiger partial charge in [0.2, 0.25) is 0 Å². The predicted octanol–water partition coefficient (Wildman–Crippen LogP) is 2.37. The highest BCUT2D eigenvalue weighted by Crippen LogP contribution is 2.18. The van der Waals surface area contributed by atoms with Gasteiger partial charge in [0.25, 0.3) is 0 Å². The molecule has 1 fully saturated rings. The van der Waals surface area contributed by atoms with Gasteiger partial charge in [-0.05, 0) is 36.5 Å². The zero-order valence-electron chi connectivity index (χ0n) is 12.3. The van der Waals surface area contributed by atoms with Crippen LogP contribution in [0.4, 0.5) is 4.79 Å². The number of aromatic carboxylic acids is 1. The van der Waals surface area contributed by atoms with Crippen LogP contribution < -0.4 is 5.32 Å². The first-order valence-electron chi connectivity index (χ1n) is 7.45. The molecule has 5 heteroatoms. The van der Waals surface area contributed by atoms with Crippen molar-refractivity contribution in [3.05, 3.63) is 35.4 Å². The SMILES string of the molecule is CCC1CCN(C(=O)NCCc2cccc(C(=O)O)c2)C1. The number of carboxylic acids is 1. The standard InChI is InChI=1S/C16H22N2O3/c1-2-12-7-9-18(11-12)16(21)17-8-6-13-4-3-5-14(10-13)15(19)20/h3-5,10,12H,2,6-9,11H2,1H3,(H,17,21)(H,19,20). The van der Waals surface area contributed by atoms with E-state index in [1.54, 1.807) is 18.2 Å². The Hall–Kier alpha value is -2.04. The zero-order valence-corrected chi connectivity index (χ0v) is 12.3. The lowest BCUT2D eigenvalue weighted by Crippen LogP contribution is -2.39. The van der Waals surface area contributed by atoms with Gasteiger partial charge in [-0.15, -0.1) is 0 Å². The summed E-state index contributed by atoms with van der Waals surface area (Å²) in [4.78, 5) is 24.7. The second-order valence-electron chi connectivity index (χ2n) is 5.50. The summed E-state index contributed by atoms with van der Waals surface area (Å²) in [6.07, 6.45) is 2.84. The van der Waals surface area contributed by atoms with E-state index in [1.807, 2.05) is 11.0 Å². The molecule has 0 bridgehead atoms. The minimum atomic E-state index is -0.927. The van der Waals surface area contributed by atoms with Gasteiger partial charge in [-0.2, -0.15) is 0 Å². The van der Waals surface area contributed by atoms with E-state index in [0.717, 1.165) is 31.5 Å². The summed E-state index contributed by atoms with van der Waals surface area (Å²) >= 11 is 0. The Balaban J connectivity index is 1.78. The second-order valence-corrected chi connectivity index (χ2v) is 5.50. The number of rotatable bonds is 5. The summed E-state index contributed by atoms with van der Waals surface area (Å²) < 4.78 is 0. The number of hydrogen-bond donors (Lipinski definition) is 2. The van der Waals surface area contributed by atoms with Crippen LogP contribution in [-0.2, 0) is 6.42 Å². The molecule has 1 heterocycles. The lowest BCUT2D eigenvalue weighted by atomic mass is 10.1. The molecule has 1 aromatic rings. The zero-order chi connectivity index (χ0) is 15.2. The molecule has 1 aromatic carbocycles. The van der Waals surface area contributed by atoms with Gasteiger partial charge in [0.05, 0.1) is 5.56 Å². The minimum Gasteiger partial charge on any atom is -0.478 e. The van der Waals surface area contributed by atoms with Gasteiger partial charge in [0.1, 0.15) is 0 Å². The Morgan fingerprint density at radius 2 is 2.24 bits per heavy atom. The van der Waals surface area contributed by atoms with E-state index in [0.29, 0.717) is 18.9 Å². The number of likely N-dealkylation sites (tertiary alicyclic amines) is 1. The summed E-state index contributed by atoms with van der Waals surface area (Å²) in [5, 5.41) is 11.8. The maximum Gasteiger partial charge on any atom is 0.335 e. The summed E-state index contributed by atoms with van der Waals surface area (Å²) in [5.41, 5.74) is 1.20. The third-order valence-corrected chi connectivity index (χ3v) is 4.01. The fourth-order valence-corrected chi connectivity index (χ4v) is 2.64. The summed E-state index contributed by atoms with van der Waals surface area (Å²) in [6, 6.07) is 6.81. The topological polar surface area (TPSA) is 69.6 Å². The molecular formula is C16H22N2O3. The van der Waals surface area contributed by atoms with E-state index in [1.165, 1.54) is 0 Å². The predicted molar refractivity (Wildman–Crippen MR) is 80.5 cm³/mol. The van der Waals surface area contributed by atoms with E-state index >= 15 is 0 Å². The Morgan fingerprint density at radius 1 is 1.43 bits per heavy atom. The maximum atomic E-state index is 12.0. The van der Waals surface area contributed by atoms with Crippen molar-refractivity contribution in [2.24, 2.45) is 5.92 Å². The highest BCUT2D eigenvalue weighted by molar-refractivity contribution is 5.87. The van der Waals surface area contributed by atoms with Crippen LogP contribution in [0, 0.1) is 5.92 Å². The molecule has 2 rings (SSSR count). The molecule has 114 valence electrons. The molecule has 1 aliphatic rings. The lowest BCUT2D eigenvalue weighted by Gasteiger charge is -2.17. The highest BCUT2D eigenvalue weighted by Gasteiger charge is 2.24. The van der Waals surface area contributed by atoms with Gasteiger partial charge in [-0.3, -0.25) is 0 Å². The van der Waals surface area contributed by atoms with Crippen LogP contribution in [0.25, 0.3) is 0 Å². The average molecular weight is 290 g/mol. The van der Waals surface area contributed by atoms with Crippen molar-refractivity contribution in [1.29, 1.82) is 0 Å². The molecule has 1 aliphatic heterocycles. The van der Waals surface area contributed by atoms with Crippen LogP contribution in [0.1, 0.15) is 35.7 Å². The molecule has 1 saturated heterocycles. The van der Waals surface area contributed by atoms with Gasteiger partial charge in [0, 0.05) is 19.6 Å². The smallest absolute Gasteiger partial charge is 0.335 e. The van der Waals surface area contributed by atoms with Gasteiger partial charge in [0.15, 0.2) is 0 Å². The van der Waals surface area contributed by atoms with E-state index in [4.69, 9.17) is 5.11 Å². The Labute approximate surface area is 125 Å². The molecule has 0 saturated carbocycles. The summed E-state index contributed by atoms with van der Waals surface area (Å²) in [5.74, 6) is -0.299. The van der Waals surface area contributed by atoms with Crippen LogP contribution in [0.5, 0.6) is 0 Å². The molecular weight excluding hydrogens is 268 g/mol. The van der Waals surface area contributed by atoms with Gasteiger partial charge in [-0.1, -0.05) is 25.5 Å². The van der Waals surface area contributed by atoms with Crippen molar-refractivity contribution < 1.29 is 14.7 Å². The van der Waals surface area contributed by atoms with Crippen molar-refractivity contribution in [3.8, 4) is 0 Å². The van der Waals surface area contributed by atoms with Crippen LogP contribution in [0.3, 0.4) is 0 Å². The fraction of sp³-hybridized carbons (Fsp3) is 0.500. The lowest BCUT2D eigenvalue weighted by molar-refractivity contribution is 0.0696. The second kappa shape index (κ2) is 7.11. The quantitative estimate of drug-likeness (QED) is 0.874. The Morgan fingerprint density at radius 3 is 2.90 bits per heavy atom. The van der Waals surface area contributed by atoms with Gasteiger partial charge in [-0.25, -0.2) is 9.59 Å². The van der Waals surface area contributed by atoms with Crippen molar-refractivity contribution in [1.82, 2.24) is 10.2 Å². The average Bonchev–Trinajstić information content (AvgIpc) is 2.96. The summed E-state index contributed by atoms with van der Waals surface area (Å²) in [7, 11) is 0. The third kappa shape index (κ3) is 4.21. The third-order valence-electron chi connectivity index (χ3n) is 4.01. The molecule has 5 nitrogen and oxygen atoms in total. The van der Waals surface area contributed by atoms with Crippen molar-refractivity contribution in [2.45, 2.75) is 26.2 Å². The Kier molecular flexibility index (Phi) is 5.20. The van der Waals surface area contributed by atoms with Crippen LogP contribution in [0.2, 0.25) is 0 Å². The summed E-state index contributed by atoms with van der Waals surface area (Å²) in [6.45, 7) is 4.35. The number of nitrogens with one attached hydrogen (secondary N) is 1. The molecule has 0 radical (unpaired) electrons. The number of nitrogens with zero attached hydrogens (tertiary/aromatic N) is 1. The number of benzene rings is 1. The number of hydrogen-bond acceptors (Lipinski definition) is 2. The van der Waals surface area contributed by atoms with Gasteiger partial charge >= 0.3 is 12.0 Å². The normalized spacial score (nSPS) is 17.8. The number of carbonyl (C=O) groups excluding carboxylic acids is 1. The molecule has 1 atom stereocenters. The van der Waals surface area contributed by atoms with E-state index < -0.39 is 5.97 Å². The highest BCUT2D eigenvalue weighted by atomic mass is 16.4. The monoisotopic (exact) mass is 290 g/mol. The first-order valence-corrected chi connectivity index (χ1v) is 7.45. The minimum absolute atomic E-state index is 0.0136. The van der Waals surface area contributed by atoms with E-state index in [-0.39, 0.29) is 11.6 Å². The molecule has 1 unspecified atom stereocenters. The van der Waals surface area contributed by atoms with Crippen LogP contribution >= 0.6 is 0 Å². The van der Waals surface area contributed by atoms with Crippen molar-refractivity contribution in [2.75, 3.05) is 19.6 Å². The molecule has 0 spiro atoms. The van der Waals surface area contributed by atoms with E-state index in [2.05, 4.69) is 12.2 Å². The number of urea groups is 1. The first-order chi connectivity index (χ1) is 10.1. The molecule has 0 aliphatic carbocycles. The van der Waals surface area contributed by atoms with Crippen molar-refractivity contribution in [3.63, 3.8) is 0 Å². The molecule has 2 amide bonds. The number of carboxylic acid groups (broad SMARTS) is 1. The molecule has 0 aromatic heterocycles. The largest absolute Gasteiger partial charge is 0.478 e. The maximum absolute atomic E-state index is 12.0. The Bertz CT molecular complexity index is 516. The van der Waals surface area contributed by atoms with Gasteiger partial charge < -0.3 is 15.3 Å². The molecule has 21 heavy (non-hydrogen) atoms. The number of carbonyl (C=O) groups is 2. The first kappa shape index (κ1) is 15.4. The molecule has 2 N–H and O–H groups in total. The fourth-order valence-electron chi connectivity index (χ4n) is 2.64. The van der Waals surface area contributed by atoms with Crippen molar-refractivity contribution >= 4 is 12.0 Å². The number of amides is 2. The van der Waals surface area contributed by atoms with Crippen LogP contribution in [-0.4, -0.2) is 41.6 Å². The van der Waals surface area contributed by atoms with E-state index in [9.17, 15) is 9.59 Å². The van der Waals surface area contributed by atoms with Crippen LogP contribution in [0.15, 0.2) is 24.3 Å².